The van der Waals surface area contributed by atoms with Gasteiger partial charge in [0.1, 0.15) is 28.8 Å². The fourth-order valence-electron chi connectivity index (χ4n) is 6.40. The molecule has 2 atom stereocenters. The lowest BCUT2D eigenvalue weighted by Crippen LogP contribution is -2.10. The number of hydrogen-bond donors (Lipinski definition) is 0. The highest BCUT2D eigenvalue weighted by molar-refractivity contribution is 7.43. The highest BCUT2D eigenvalue weighted by atomic mass is 31.2. The number of benzene rings is 4. The van der Waals surface area contributed by atoms with E-state index >= 15 is 0 Å². The molecule has 0 aromatic heterocycles. The van der Waals surface area contributed by atoms with E-state index in [0.717, 1.165) is 68.4 Å². The molecule has 294 valence electrons. The summed E-state index contributed by atoms with van der Waals surface area (Å²) >= 11 is 0. The van der Waals surface area contributed by atoms with Gasteiger partial charge in [-0.15, -0.1) is 0 Å². The summed E-state index contributed by atoms with van der Waals surface area (Å²) in [6.07, 6.45) is 5.46. The van der Waals surface area contributed by atoms with Crippen molar-refractivity contribution >= 4 is 17.2 Å². The molecule has 0 bridgehead atoms. The highest BCUT2D eigenvalue weighted by Gasteiger charge is 2.29. The second kappa shape index (κ2) is 19.4. The van der Waals surface area contributed by atoms with Crippen LogP contribution in [0.25, 0.3) is 0 Å². The maximum atomic E-state index is 6.78. The summed E-state index contributed by atoms with van der Waals surface area (Å²) in [5.74, 6) is 5.10. The molecule has 2 unspecified atom stereocenters. The molecule has 1 aliphatic carbocycles. The fraction of sp³-hybridized carbons (Fsp3) is 0.404. The number of aryl methyl sites for hydroxylation is 3. The summed E-state index contributed by atoms with van der Waals surface area (Å²) in [4.78, 5) is 0. The largest absolute Gasteiger partial charge is 0.530 e. The van der Waals surface area contributed by atoms with Gasteiger partial charge in [-0.05, 0) is 126 Å². The van der Waals surface area contributed by atoms with E-state index in [0.29, 0.717) is 17.6 Å². The number of allylic oxidation sites excluding steroid dienone is 3. The van der Waals surface area contributed by atoms with Gasteiger partial charge in [0.25, 0.3) is 0 Å². The van der Waals surface area contributed by atoms with Crippen LogP contribution in [0.15, 0.2) is 102 Å². The molecule has 1 aliphatic rings. The Labute approximate surface area is 333 Å². The molecule has 5 rings (SSSR count). The molecule has 55 heavy (non-hydrogen) atoms. The summed E-state index contributed by atoms with van der Waals surface area (Å²) in [6.45, 7) is 26.0. The van der Waals surface area contributed by atoms with Crippen molar-refractivity contribution in [3.63, 3.8) is 0 Å². The zero-order valence-corrected chi connectivity index (χ0v) is 36.6. The average molecular weight is 783 g/mol. The van der Waals surface area contributed by atoms with E-state index in [2.05, 4.69) is 150 Å². The average Bonchev–Trinajstić information content (AvgIpc) is 3.10. The molecule has 0 amide bonds. The van der Waals surface area contributed by atoms with E-state index in [1.54, 1.807) is 0 Å². The predicted molar refractivity (Wildman–Crippen MR) is 229 cm³/mol. The summed E-state index contributed by atoms with van der Waals surface area (Å²) in [5, 5.41) is 0. The Kier molecular flexibility index (Phi) is 14.9. The third-order valence-corrected chi connectivity index (χ3v) is 11.7. The van der Waals surface area contributed by atoms with Crippen LogP contribution in [0.2, 0.25) is 0 Å². The fourth-order valence-corrected chi connectivity index (χ4v) is 8.52. The summed E-state index contributed by atoms with van der Waals surface area (Å²) < 4.78 is 40.4. The van der Waals surface area contributed by atoms with Gasteiger partial charge in [-0.2, -0.15) is 0 Å². The van der Waals surface area contributed by atoms with E-state index in [9.17, 15) is 0 Å². The highest BCUT2D eigenvalue weighted by Crippen LogP contribution is 2.50. The minimum atomic E-state index is -1.96. The molecular formula is C47H60O6P2. The van der Waals surface area contributed by atoms with Crippen LogP contribution >= 0.6 is 17.2 Å². The minimum Gasteiger partial charge on any atom is -0.418 e. The van der Waals surface area contributed by atoms with Crippen LogP contribution < -0.4 is 18.1 Å². The first-order valence-corrected chi connectivity index (χ1v) is 21.8. The summed E-state index contributed by atoms with van der Waals surface area (Å²) in [7, 11) is -3.83. The molecule has 0 N–H and O–H groups in total. The van der Waals surface area contributed by atoms with Crippen LogP contribution in [0.1, 0.15) is 125 Å². The van der Waals surface area contributed by atoms with Gasteiger partial charge in [0.15, 0.2) is 0 Å². The van der Waals surface area contributed by atoms with Gasteiger partial charge in [0, 0.05) is 5.56 Å². The van der Waals surface area contributed by atoms with Crippen molar-refractivity contribution in [3.8, 4) is 23.0 Å². The van der Waals surface area contributed by atoms with Gasteiger partial charge >= 0.3 is 17.2 Å². The van der Waals surface area contributed by atoms with E-state index in [4.69, 9.17) is 27.1 Å². The van der Waals surface area contributed by atoms with Crippen LogP contribution in [-0.2, 0) is 15.7 Å². The van der Waals surface area contributed by atoms with Crippen LogP contribution in [0.3, 0.4) is 0 Å². The van der Waals surface area contributed by atoms with Crippen molar-refractivity contribution in [1.29, 1.82) is 0 Å². The van der Waals surface area contributed by atoms with Crippen molar-refractivity contribution < 1.29 is 27.1 Å². The maximum absolute atomic E-state index is 6.78. The molecule has 8 heteroatoms. The minimum absolute atomic E-state index is 0.181. The monoisotopic (exact) mass is 782 g/mol. The Morgan fingerprint density at radius 2 is 1.00 bits per heavy atom. The quantitative estimate of drug-likeness (QED) is 0.0995. The molecule has 0 saturated carbocycles. The summed E-state index contributed by atoms with van der Waals surface area (Å²) in [6, 6.07) is 26.8. The van der Waals surface area contributed by atoms with Crippen molar-refractivity contribution in [2.24, 2.45) is 11.8 Å². The van der Waals surface area contributed by atoms with E-state index in [-0.39, 0.29) is 24.4 Å². The SMILES string of the molecule is Cc1ccc(C(C)C)c(OP(OCc2ccccc2OP(Oc2cc(C)ccc2C(C)C)Oc2cc(C)ccc2C(C)C)OC2=CC(C)CC=C2C(C)C)c1. The Bertz CT molecular complexity index is 1900. The van der Waals surface area contributed by atoms with Crippen LogP contribution in [0.5, 0.6) is 23.0 Å². The zero-order valence-electron chi connectivity index (χ0n) is 34.8. The molecular weight excluding hydrogens is 722 g/mol. The maximum Gasteiger partial charge on any atom is 0.530 e. The Balaban J connectivity index is 1.48. The van der Waals surface area contributed by atoms with Gasteiger partial charge < -0.3 is 22.6 Å². The van der Waals surface area contributed by atoms with Gasteiger partial charge in [-0.3, -0.25) is 4.52 Å². The topological polar surface area (TPSA) is 55.4 Å². The van der Waals surface area contributed by atoms with Crippen molar-refractivity contribution in [2.75, 3.05) is 0 Å². The first-order valence-electron chi connectivity index (χ1n) is 19.6. The Morgan fingerprint density at radius 3 is 1.47 bits per heavy atom. The van der Waals surface area contributed by atoms with Crippen LogP contribution in [0.4, 0.5) is 0 Å². The van der Waals surface area contributed by atoms with E-state index in [1.165, 1.54) is 5.57 Å². The molecule has 0 heterocycles. The standard InChI is InChI=1S/C47H60O6P2/c1-30(2)39-21-17-34(9)25-44(39)50-54(51-45-26-35(10)18-22-40(45)31(3)4)48-29-38-15-13-14-16-43(38)49-55(52-46-27-36(11)19-23-41(46)32(5)6)53-47-28-37(12)20-24-42(47)33(7)8/h13-17,19-28,30-33,35H,18,29H2,1-12H3. The lowest BCUT2D eigenvalue weighted by molar-refractivity contribution is 0.228. The number of hydrogen-bond acceptors (Lipinski definition) is 6. The lowest BCUT2D eigenvalue weighted by Gasteiger charge is -2.27. The van der Waals surface area contributed by atoms with Crippen molar-refractivity contribution in [1.82, 2.24) is 0 Å². The lowest BCUT2D eigenvalue weighted by atomic mass is 9.91. The molecule has 0 fully saturated rings. The molecule has 4 aromatic rings. The molecule has 4 aromatic carbocycles. The first kappa shape index (κ1) is 42.3. The van der Waals surface area contributed by atoms with Crippen molar-refractivity contribution in [2.45, 2.75) is 114 Å². The van der Waals surface area contributed by atoms with Crippen LogP contribution in [0, 0.1) is 32.6 Å². The third-order valence-electron chi connectivity index (χ3n) is 9.59. The molecule has 0 aliphatic heterocycles. The smallest absolute Gasteiger partial charge is 0.418 e. The number of para-hydroxylation sites is 1. The molecule has 6 nitrogen and oxygen atoms in total. The molecule has 0 saturated heterocycles. The van der Waals surface area contributed by atoms with E-state index in [1.807, 2.05) is 24.3 Å². The Hall–Kier alpha value is -3.82. The summed E-state index contributed by atoms with van der Waals surface area (Å²) in [5.41, 5.74) is 8.59. The van der Waals surface area contributed by atoms with Gasteiger partial charge in [-0.25, -0.2) is 0 Å². The van der Waals surface area contributed by atoms with Gasteiger partial charge in [-0.1, -0.05) is 123 Å². The Morgan fingerprint density at radius 1 is 0.545 bits per heavy atom. The zero-order chi connectivity index (χ0) is 39.8. The normalized spacial score (nSPS) is 15.0. The van der Waals surface area contributed by atoms with Gasteiger partial charge in [0.2, 0.25) is 0 Å². The van der Waals surface area contributed by atoms with Crippen molar-refractivity contribution in [3.05, 3.63) is 141 Å². The van der Waals surface area contributed by atoms with E-state index < -0.39 is 17.2 Å². The van der Waals surface area contributed by atoms with Gasteiger partial charge in [0.05, 0.1) is 6.61 Å². The second-order valence-corrected chi connectivity index (χ2v) is 18.0. The third kappa shape index (κ3) is 11.6. The predicted octanol–water partition coefficient (Wildman–Crippen LogP) is 15.1. The molecule has 0 spiro atoms. The first-order chi connectivity index (χ1) is 26.2. The van der Waals surface area contributed by atoms with Crippen LogP contribution in [-0.4, -0.2) is 0 Å². The second-order valence-electron chi connectivity index (χ2n) is 15.9. The number of rotatable bonds is 17. The molecule has 0 radical (unpaired) electrons.